The van der Waals surface area contributed by atoms with Gasteiger partial charge in [-0.15, -0.1) is 0 Å². The Balaban J connectivity index is 2.89. The predicted octanol–water partition coefficient (Wildman–Crippen LogP) is 1.52. The van der Waals surface area contributed by atoms with Gasteiger partial charge in [-0.1, -0.05) is 12.1 Å². The molecule has 0 atom stereocenters. The van der Waals surface area contributed by atoms with Crippen molar-refractivity contribution in [2.45, 2.75) is 25.1 Å². The fraction of sp³-hybridized carbons (Fsp3) is 0.400. The Morgan fingerprint density at radius 1 is 1.05 bits per heavy atom. The SMILES string of the molecule is OB(O)c1cc(COC(C(F)(F)F)C(F)(F)F)ccc1F. The number of hydrogen-bond acceptors (Lipinski definition) is 3. The van der Waals surface area contributed by atoms with Gasteiger partial charge in [0.25, 0.3) is 0 Å². The molecule has 11 heteroatoms. The number of halogens is 7. The van der Waals surface area contributed by atoms with Crippen LogP contribution in [0.5, 0.6) is 0 Å². The summed E-state index contributed by atoms with van der Waals surface area (Å²) in [4.78, 5) is 0. The average molecular weight is 320 g/mol. The minimum Gasteiger partial charge on any atom is -0.423 e. The van der Waals surface area contributed by atoms with Gasteiger partial charge in [-0.05, 0) is 11.6 Å². The maximum atomic E-state index is 13.1. The fourth-order valence-electron chi connectivity index (χ4n) is 1.43. The second-order valence-corrected chi connectivity index (χ2v) is 4.00. The molecule has 1 rings (SSSR count). The van der Waals surface area contributed by atoms with Gasteiger partial charge in [0.15, 0.2) is 0 Å². The Hall–Kier alpha value is -1.33. The van der Waals surface area contributed by atoms with E-state index in [4.69, 9.17) is 10.0 Å². The first kappa shape index (κ1) is 17.7. The molecule has 0 aromatic heterocycles. The summed E-state index contributed by atoms with van der Waals surface area (Å²) in [6.07, 6.45) is -15.3. The average Bonchev–Trinajstić information content (AvgIpc) is 2.27. The molecule has 0 fully saturated rings. The molecule has 1 aromatic rings. The molecule has 0 bridgehead atoms. The lowest BCUT2D eigenvalue weighted by Gasteiger charge is -2.23. The summed E-state index contributed by atoms with van der Waals surface area (Å²) in [5, 5.41) is 17.6. The van der Waals surface area contributed by atoms with Gasteiger partial charge in [0.1, 0.15) is 5.82 Å². The van der Waals surface area contributed by atoms with Crippen LogP contribution < -0.4 is 5.46 Å². The van der Waals surface area contributed by atoms with E-state index in [9.17, 15) is 30.7 Å². The maximum absolute atomic E-state index is 13.1. The molecule has 0 amide bonds. The molecule has 2 N–H and O–H groups in total. The van der Waals surface area contributed by atoms with Crippen LogP contribution in [-0.4, -0.2) is 35.6 Å². The number of hydrogen-bond donors (Lipinski definition) is 2. The third-order valence-electron chi connectivity index (χ3n) is 2.35. The van der Waals surface area contributed by atoms with E-state index in [1.165, 1.54) is 0 Å². The van der Waals surface area contributed by atoms with Gasteiger partial charge in [0, 0.05) is 5.46 Å². The third-order valence-corrected chi connectivity index (χ3v) is 2.35. The molecule has 3 nitrogen and oxygen atoms in total. The van der Waals surface area contributed by atoms with Crippen molar-refractivity contribution in [3.63, 3.8) is 0 Å². The first-order valence-electron chi connectivity index (χ1n) is 5.32. The first-order valence-corrected chi connectivity index (χ1v) is 5.32. The van der Waals surface area contributed by atoms with E-state index in [-0.39, 0.29) is 5.56 Å². The standard InChI is InChI=1S/C10H8BF7O3/c12-7-2-1-5(3-6(7)11(19)20)4-21-8(9(13,14)15)10(16,17)18/h1-3,8,19-20H,4H2. The lowest BCUT2D eigenvalue weighted by Crippen LogP contribution is -2.44. The summed E-state index contributed by atoms with van der Waals surface area (Å²) in [5.41, 5.74) is -0.968. The molecule has 0 unspecified atom stereocenters. The molecule has 0 saturated heterocycles. The minimum absolute atomic E-state index is 0.280. The Morgan fingerprint density at radius 2 is 1.57 bits per heavy atom. The largest absolute Gasteiger partial charge is 0.491 e. The van der Waals surface area contributed by atoms with Gasteiger partial charge < -0.3 is 14.8 Å². The maximum Gasteiger partial charge on any atom is 0.491 e. The fourth-order valence-corrected chi connectivity index (χ4v) is 1.43. The smallest absolute Gasteiger partial charge is 0.423 e. The van der Waals surface area contributed by atoms with Crippen molar-refractivity contribution in [2.75, 3.05) is 0 Å². The van der Waals surface area contributed by atoms with E-state index in [0.717, 1.165) is 6.07 Å². The van der Waals surface area contributed by atoms with Crippen molar-refractivity contribution < 1.29 is 45.5 Å². The molecule has 0 aliphatic rings. The molecular formula is C10H8BF7O3. The zero-order chi connectivity index (χ0) is 16.4. The second-order valence-electron chi connectivity index (χ2n) is 4.00. The lowest BCUT2D eigenvalue weighted by atomic mass is 9.79. The summed E-state index contributed by atoms with van der Waals surface area (Å²) >= 11 is 0. The highest BCUT2D eigenvalue weighted by atomic mass is 19.4. The van der Waals surface area contributed by atoms with Gasteiger partial charge in [-0.25, -0.2) is 4.39 Å². The summed E-state index contributed by atoms with van der Waals surface area (Å²) < 4.78 is 90.1. The summed E-state index contributed by atoms with van der Waals surface area (Å²) in [6.45, 7) is -1.14. The van der Waals surface area contributed by atoms with E-state index in [1.807, 2.05) is 0 Å². The van der Waals surface area contributed by atoms with Crippen LogP contribution in [0.1, 0.15) is 5.56 Å². The molecule has 0 aliphatic carbocycles. The van der Waals surface area contributed by atoms with Crippen molar-refractivity contribution in [2.24, 2.45) is 0 Å². The van der Waals surface area contributed by atoms with Crippen LogP contribution in [0.4, 0.5) is 30.7 Å². The normalized spacial score (nSPS) is 12.9. The Labute approximate surface area is 114 Å². The van der Waals surface area contributed by atoms with Crippen molar-refractivity contribution >= 4 is 12.6 Å². The molecule has 0 heterocycles. The van der Waals surface area contributed by atoms with Crippen molar-refractivity contribution in [1.82, 2.24) is 0 Å². The second kappa shape index (κ2) is 6.20. The molecule has 0 aliphatic heterocycles. The predicted molar refractivity (Wildman–Crippen MR) is 56.9 cm³/mol. The van der Waals surface area contributed by atoms with Gasteiger partial charge in [-0.2, -0.15) is 26.3 Å². The Bertz CT molecular complexity index is 473. The first-order chi connectivity index (χ1) is 9.43. The van der Waals surface area contributed by atoms with E-state index >= 15 is 0 Å². The van der Waals surface area contributed by atoms with E-state index < -0.39 is 43.5 Å². The van der Waals surface area contributed by atoms with Crippen molar-refractivity contribution in [3.05, 3.63) is 29.6 Å². The summed E-state index contributed by atoms with van der Waals surface area (Å²) in [5.74, 6) is -1.07. The summed E-state index contributed by atoms with van der Waals surface area (Å²) in [6, 6.07) is 2.23. The van der Waals surface area contributed by atoms with Crippen LogP contribution >= 0.6 is 0 Å². The van der Waals surface area contributed by atoms with Crippen LogP contribution in [0, 0.1) is 5.82 Å². The zero-order valence-electron chi connectivity index (χ0n) is 10.0. The van der Waals surface area contributed by atoms with Crippen molar-refractivity contribution in [3.8, 4) is 0 Å². The van der Waals surface area contributed by atoms with Gasteiger partial charge in [0.2, 0.25) is 6.10 Å². The molecule has 0 saturated carbocycles. The number of ether oxygens (including phenoxy) is 1. The van der Waals surface area contributed by atoms with Crippen LogP contribution in [-0.2, 0) is 11.3 Å². The molecule has 118 valence electrons. The Morgan fingerprint density at radius 3 is 2.00 bits per heavy atom. The molecule has 0 radical (unpaired) electrons. The highest BCUT2D eigenvalue weighted by molar-refractivity contribution is 6.58. The van der Waals surface area contributed by atoms with Crippen LogP contribution in [0.15, 0.2) is 18.2 Å². The monoisotopic (exact) mass is 320 g/mol. The molecular weight excluding hydrogens is 312 g/mol. The van der Waals surface area contributed by atoms with Gasteiger partial charge >= 0.3 is 19.5 Å². The Kier molecular flexibility index (Phi) is 5.23. The van der Waals surface area contributed by atoms with E-state index in [2.05, 4.69) is 4.74 Å². The topological polar surface area (TPSA) is 49.7 Å². The van der Waals surface area contributed by atoms with E-state index in [0.29, 0.717) is 12.1 Å². The molecule has 1 aromatic carbocycles. The van der Waals surface area contributed by atoms with Crippen LogP contribution in [0.25, 0.3) is 0 Å². The van der Waals surface area contributed by atoms with Crippen molar-refractivity contribution in [1.29, 1.82) is 0 Å². The molecule has 0 spiro atoms. The van der Waals surface area contributed by atoms with Crippen LogP contribution in [0.3, 0.4) is 0 Å². The lowest BCUT2D eigenvalue weighted by molar-refractivity contribution is -0.324. The zero-order valence-corrected chi connectivity index (χ0v) is 10.0. The number of alkyl halides is 6. The third kappa shape index (κ3) is 4.86. The number of benzene rings is 1. The van der Waals surface area contributed by atoms with E-state index in [1.54, 1.807) is 0 Å². The highest BCUT2D eigenvalue weighted by Crippen LogP contribution is 2.36. The number of rotatable bonds is 4. The van der Waals surface area contributed by atoms with Gasteiger partial charge in [-0.3, -0.25) is 0 Å². The minimum atomic E-state index is -5.66. The quantitative estimate of drug-likeness (QED) is 0.653. The molecule has 21 heavy (non-hydrogen) atoms. The highest BCUT2D eigenvalue weighted by Gasteiger charge is 2.57. The summed E-state index contributed by atoms with van der Waals surface area (Å²) in [7, 11) is -2.26. The van der Waals surface area contributed by atoms with Crippen LogP contribution in [0.2, 0.25) is 0 Å². The van der Waals surface area contributed by atoms with Gasteiger partial charge in [0.05, 0.1) is 6.61 Å².